The number of amides is 3. The minimum atomic E-state index is -0.639. The first kappa shape index (κ1) is 13.3. The van der Waals surface area contributed by atoms with Crippen LogP contribution in [0.1, 0.15) is 5.56 Å². The standard InChI is InChI=1S/C11H13ClN2O3/c1-7-3-4-9(17-2)8(5-7)13-11(16)14-10(15)6-12/h3-5H,6H2,1-2H3,(H2,13,14,15,16). The van der Waals surface area contributed by atoms with E-state index < -0.39 is 11.9 Å². The van der Waals surface area contributed by atoms with Gasteiger partial charge in [-0.3, -0.25) is 10.1 Å². The molecule has 0 saturated heterocycles. The van der Waals surface area contributed by atoms with Gasteiger partial charge in [0, 0.05) is 0 Å². The number of hydrogen-bond acceptors (Lipinski definition) is 3. The molecule has 0 heterocycles. The summed E-state index contributed by atoms with van der Waals surface area (Å²) in [6.45, 7) is 1.88. The number of alkyl halides is 1. The number of benzene rings is 1. The number of anilines is 1. The maximum atomic E-state index is 11.4. The van der Waals surface area contributed by atoms with Gasteiger partial charge < -0.3 is 10.1 Å². The second-order valence-electron chi connectivity index (χ2n) is 3.34. The van der Waals surface area contributed by atoms with Crippen molar-refractivity contribution in [1.29, 1.82) is 0 Å². The predicted octanol–water partition coefficient (Wildman–Crippen LogP) is 1.89. The number of carbonyl (C=O) groups excluding carboxylic acids is 2. The first-order valence-electron chi connectivity index (χ1n) is 4.88. The second kappa shape index (κ2) is 6.10. The van der Waals surface area contributed by atoms with Crippen LogP contribution in [0.5, 0.6) is 5.75 Å². The number of nitrogens with one attached hydrogen (secondary N) is 2. The zero-order chi connectivity index (χ0) is 12.8. The molecule has 3 amide bonds. The molecule has 0 atom stereocenters. The lowest BCUT2D eigenvalue weighted by molar-refractivity contribution is -0.117. The number of hydrogen-bond donors (Lipinski definition) is 2. The third kappa shape index (κ3) is 3.96. The number of aryl methyl sites for hydroxylation is 1. The van der Waals surface area contributed by atoms with Gasteiger partial charge in [0.15, 0.2) is 0 Å². The van der Waals surface area contributed by atoms with Crippen LogP contribution < -0.4 is 15.4 Å². The number of urea groups is 1. The number of halogens is 1. The van der Waals surface area contributed by atoms with Crippen LogP contribution in [0.2, 0.25) is 0 Å². The monoisotopic (exact) mass is 256 g/mol. The van der Waals surface area contributed by atoms with Gasteiger partial charge in [-0.15, -0.1) is 11.6 Å². The lowest BCUT2D eigenvalue weighted by Crippen LogP contribution is -2.35. The molecule has 0 saturated carbocycles. The number of methoxy groups -OCH3 is 1. The van der Waals surface area contributed by atoms with E-state index in [1.54, 1.807) is 12.1 Å². The van der Waals surface area contributed by atoms with Crippen molar-refractivity contribution in [1.82, 2.24) is 5.32 Å². The van der Waals surface area contributed by atoms with Crippen LogP contribution in [-0.2, 0) is 4.79 Å². The topological polar surface area (TPSA) is 67.4 Å². The molecule has 17 heavy (non-hydrogen) atoms. The Morgan fingerprint density at radius 2 is 2.12 bits per heavy atom. The van der Waals surface area contributed by atoms with E-state index in [-0.39, 0.29) is 5.88 Å². The highest BCUT2D eigenvalue weighted by Crippen LogP contribution is 2.24. The zero-order valence-corrected chi connectivity index (χ0v) is 10.3. The molecule has 1 rings (SSSR count). The van der Waals surface area contributed by atoms with Crippen molar-refractivity contribution >= 4 is 29.2 Å². The van der Waals surface area contributed by atoms with E-state index in [4.69, 9.17) is 16.3 Å². The van der Waals surface area contributed by atoms with Crippen LogP contribution in [-0.4, -0.2) is 24.9 Å². The van der Waals surface area contributed by atoms with Gasteiger partial charge >= 0.3 is 6.03 Å². The average molecular weight is 257 g/mol. The highest BCUT2D eigenvalue weighted by molar-refractivity contribution is 6.28. The molecular formula is C11H13ClN2O3. The summed E-state index contributed by atoms with van der Waals surface area (Å²) in [6.07, 6.45) is 0. The summed E-state index contributed by atoms with van der Waals surface area (Å²) in [7, 11) is 1.50. The van der Waals surface area contributed by atoms with E-state index in [0.717, 1.165) is 5.56 Å². The van der Waals surface area contributed by atoms with Gasteiger partial charge in [-0.25, -0.2) is 4.79 Å². The van der Waals surface area contributed by atoms with Crippen molar-refractivity contribution in [3.8, 4) is 5.75 Å². The van der Waals surface area contributed by atoms with Crippen LogP contribution in [0.4, 0.5) is 10.5 Å². The fraction of sp³-hybridized carbons (Fsp3) is 0.273. The lowest BCUT2D eigenvalue weighted by atomic mass is 10.2. The minimum absolute atomic E-state index is 0.266. The Kier molecular flexibility index (Phi) is 4.78. The summed E-state index contributed by atoms with van der Waals surface area (Å²) in [5.74, 6) is -0.307. The van der Waals surface area contributed by atoms with Crippen LogP contribution >= 0.6 is 11.6 Å². The largest absolute Gasteiger partial charge is 0.495 e. The molecule has 0 bridgehead atoms. The lowest BCUT2D eigenvalue weighted by Gasteiger charge is -2.10. The molecule has 0 aliphatic carbocycles. The Morgan fingerprint density at radius 3 is 2.71 bits per heavy atom. The summed E-state index contributed by atoms with van der Waals surface area (Å²) in [5.41, 5.74) is 1.46. The quantitative estimate of drug-likeness (QED) is 0.812. The van der Waals surface area contributed by atoms with E-state index in [1.165, 1.54) is 7.11 Å². The molecule has 0 radical (unpaired) electrons. The Hall–Kier alpha value is -1.75. The van der Waals surface area contributed by atoms with E-state index in [9.17, 15) is 9.59 Å². The molecule has 1 aromatic rings. The Balaban J connectivity index is 2.76. The number of carbonyl (C=O) groups is 2. The van der Waals surface area contributed by atoms with Gasteiger partial charge in [-0.1, -0.05) is 6.07 Å². The van der Waals surface area contributed by atoms with Crippen molar-refractivity contribution in [2.24, 2.45) is 0 Å². The molecule has 0 aromatic heterocycles. The molecule has 6 heteroatoms. The molecule has 0 unspecified atom stereocenters. The summed E-state index contributed by atoms with van der Waals surface area (Å²) in [4.78, 5) is 22.3. The number of imide groups is 1. The Bertz CT molecular complexity index is 435. The first-order chi connectivity index (χ1) is 8.06. The zero-order valence-electron chi connectivity index (χ0n) is 9.54. The van der Waals surface area contributed by atoms with Crippen LogP contribution in [0, 0.1) is 6.92 Å². The Labute approximate surface area is 104 Å². The number of rotatable bonds is 3. The molecule has 0 spiro atoms. The van der Waals surface area contributed by atoms with Crippen molar-refractivity contribution < 1.29 is 14.3 Å². The fourth-order valence-corrected chi connectivity index (χ4v) is 1.30. The molecular weight excluding hydrogens is 244 g/mol. The average Bonchev–Trinajstić information content (AvgIpc) is 2.29. The van der Waals surface area contributed by atoms with Crippen molar-refractivity contribution in [2.75, 3.05) is 18.3 Å². The highest BCUT2D eigenvalue weighted by Gasteiger charge is 2.09. The molecule has 92 valence electrons. The van der Waals surface area contributed by atoms with Gasteiger partial charge in [-0.05, 0) is 24.6 Å². The minimum Gasteiger partial charge on any atom is -0.495 e. The Morgan fingerprint density at radius 1 is 1.41 bits per heavy atom. The molecule has 0 aliphatic rings. The van der Waals surface area contributed by atoms with Gasteiger partial charge in [0.05, 0.1) is 12.8 Å². The van der Waals surface area contributed by atoms with E-state index in [2.05, 4.69) is 10.6 Å². The third-order valence-electron chi connectivity index (χ3n) is 1.98. The second-order valence-corrected chi connectivity index (χ2v) is 3.61. The SMILES string of the molecule is COc1ccc(C)cc1NC(=O)NC(=O)CCl. The molecule has 0 aliphatic heterocycles. The third-order valence-corrected chi connectivity index (χ3v) is 2.22. The van der Waals surface area contributed by atoms with E-state index >= 15 is 0 Å². The highest BCUT2D eigenvalue weighted by atomic mass is 35.5. The summed E-state index contributed by atoms with van der Waals surface area (Å²) < 4.78 is 5.08. The van der Waals surface area contributed by atoms with Crippen LogP contribution in [0.15, 0.2) is 18.2 Å². The van der Waals surface area contributed by atoms with E-state index in [1.807, 2.05) is 13.0 Å². The smallest absolute Gasteiger partial charge is 0.326 e. The van der Waals surface area contributed by atoms with Gasteiger partial charge in [-0.2, -0.15) is 0 Å². The summed E-state index contributed by atoms with van der Waals surface area (Å²) in [5, 5.41) is 4.59. The molecule has 1 aromatic carbocycles. The van der Waals surface area contributed by atoms with Crippen molar-refractivity contribution in [2.45, 2.75) is 6.92 Å². The van der Waals surface area contributed by atoms with Crippen LogP contribution in [0.3, 0.4) is 0 Å². The summed E-state index contributed by atoms with van der Waals surface area (Å²) in [6, 6.07) is 4.68. The predicted molar refractivity (Wildman–Crippen MR) is 65.6 cm³/mol. The first-order valence-corrected chi connectivity index (χ1v) is 5.41. The maximum Gasteiger partial charge on any atom is 0.326 e. The van der Waals surface area contributed by atoms with Gasteiger partial charge in [0.2, 0.25) is 5.91 Å². The van der Waals surface area contributed by atoms with Crippen molar-refractivity contribution in [3.63, 3.8) is 0 Å². The fourth-order valence-electron chi connectivity index (χ4n) is 1.23. The number of ether oxygens (including phenoxy) is 1. The maximum absolute atomic E-state index is 11.4. The molecule has 2 N–H and O–H groups in total. The van der Waals surface area contributed by atoms with E-state index in [0.29, 0.717) is 11.4 Å². The van der Waals surface area contributed by atoms with Gasteiger partial charge in [0.1, 0.15) is 11.6 Å². The molecule has 0 fully saturated rings. The summed E-state index contributed by atoms with van der Waals surface area (Å²) >= 11 is 5.27. The van der Waals surface area contributed by atoms with Crippen LogP contribution in [0.25, 0.3) is 0 Å². The van der Waals surface area contributed by atoms with Crippen molar-refractivity contribution in [3.05, 3.63) is 23.8 Å². The molecule has 5 nitrogen and oxygen atoms in total. The normalized spacial score (nSPS) is 9.59. The van der Waals surface area contributed by atoms with Gasteiger partial charge in [0.25, 0.3) is 0 Å².